The van der Waals surface area contributed by atoms with Crippen LogP contribution in [0.4, 0.5) is 10.3 Å². The van der Waals surface area contributed by atoms with Crippen LogP contribution >= 0.6 is 0 Å². The van der Waals surface area contributed by atoms with Crippen LogP contribution in [0.2, 0.25) is 0 Å². The highest BCUT2D eigenvalue weighted by molar-refractivity contribution is 5.97. The molecule has 1 aliphatic rings. The van der Waals surface area contributed by atoms with E-state index < -0.39 is 0 Å². The summed E-state index contributed by atoms with van der Waals surface area (Å²) in [7, 11) is 1.85. The molecular formula is C26H23FN8O. The van der Waals surface area contributed by atoms with Crippen LogP contribution in [0.3, 0.4) is 0 Å². The van der Waals surface area contributed by atoms with Gasteiger partial charge in [0.25, 0.3) is 5.91 Å². The number of hydrogen-bond donors (Lipinski definition) is 1. The minimum atomic E-state index is -0.339. The van der Waals surface area contributed by atoms with Gasteiger partial charge in [0, 0.05) is 56.3 Å². The first kappa shape index (κ1) is 21.9. The van der Waals surface area contributed by atoms with Crippen molar-refractivity contribution >= 4 is 17.5 Å². The smallest absolute Gasteiger partial charge is 0.256 e. The summed E-state index contributed by atoms with van der Waals surface area (Å²) in [6.07, 6.45) is 6.07. The molecule has 1 aromatic carbocycles. The number of aryl methyl sites for hydroxylation is 2. The molecule has 1 amide bonds. The lowest BCUT2D eigenvalue weighted by molar-refractivity contribution is 0.0725. The van der Waals surface area contributed by atoms with E-state index in [4.69, 9.17) is 5.73 Å². The number of nitrogens with two attached hydrogens (primary N) is 1. The van der Waals surface area contributed by atoms with Crippen molar-refractivity contribution in [2.24, 2.45) is 7.05 Å². The average Bonchev–Trinajstić information content (AvgIpc) is 3.40. The summed E-state index contributed by atoms with van der Waals surface area (Å²) in [5.74, 6) is -0.273. The second-order valence-corrected chi connectivity index (χ2v) is 8.99. The molecule has 36 heavy (non-hydrogen) atoms. The normalized spacial score (nSPS) is 13.4. The molecule has 2 N–H and O–H groups in total. The van der Waals surface area contributed by atoms with Crippen LogP contribution in [0.15, 0.2) is 55.0 Å². The molecule has 6 rings (SSSR count). The molecule has 180 valence electrons. The Hall–Kier alpha value is -4.60. The van der Waals surface area contributed by atoms with Crippen LogP contribution in [0.1, 0.15) is 27.3 Å². The van der Waals surface area contributed by atoms with Gasteiger partial charge >= 0.3 is 0 Å². The number of benzene rings is 1. The van der Waals surface area contributed by atoms with Gasteiger partial charge in [-0.1, -0.05) is 6.07 Å². The Bertz CT molecular complexity index is 1650. The van der Waals surface area contributed by atoms with E-state index in [2.05, 4.69) is 20.2 Å². The van der Waals surface area contributed by atoms with Crippen LogP contribution in [0.5, 0.6) is 0 Å². The number of pyridine rings is 2. The van der Waals surface area contributed by atoms with E-state index in [9.17, 15) is 9.18 Å². The Morgan fingerprint density at radius 1 is 1.06 bits per heavy atom. The van der Waals surface area contributed by atoms with Gasteiger partial charge in [-0.25, -0.2) is 8.91 Å². The summed E-state index contributed by atoms with van der Waals surface area (Å²) >= 11 is 0. The van der Waals surface area contributed by atoms with Crippen LogP contribution in [0, 0.1) is 12.7 Å². The molecular weight excluding hydrogens is 459 g/mol. The van der Waals surface area contributed by atoms with E-state index >= 15 is 0 Å². The molecule has 0 aliphatic carbocycles. The summed E-state index contributed by atoms with van der Waals surface area (Å²) in [5, 5.41) is 8.52. The fourth-order valence-corrected chi connectivity index (χ4v) is 4.80. The summed E-state index contributed by atoms with van der Waals surface area (Å²) < 4.78 is 17.6. The largest absolute Gasteiger partial charge is 0.366 e. The number of hydrogen-bond acceptors (Lipinski definition) is 6. The molecule has 5 heterocycles. The summed E-state index contributed by atoms with van der Waals surface area (Å²) in [6, 6.07) is 10.3. The van der Waals surface area contributed by atoms with Crippen molar-refractivity contribution in [2.45, 2.75) is 19.9 Å². The number of aromatic nitrogens is 6. The number of rotatable bonds is 4. The molecule has 0 radical (unpaired) electrons. The first-order chi connectivity index (χ1) is 17.4. The van der Waals surface area contributed by atoms with E-state index in [1.54, 1.807) is 32.6 Å². The highest BCUT2D eigenvalue weighted by Gasteiger charge is 2.27. The predicted octanol–water partition coefficient (Wildman–Crippen LogP) is 3.42. The lowest BCUT2D eigenvalue weighted by Gasteiger charge is -2.29. The van der Waals surface area contributed by atoms with E-state index in [1.807, 2.05) is 38.4 Å². The highest BCUT2D eigenvalue weighted by Crippen LogP contribution is 2.30. The van der Waals surface area contributed by atoms with E-state index in [-0.39, 0.29) is 24.2 Å². The van der Waals surface area contributed by atoms with Crippen molar-refractivity contribution in [3.8, 4) is 22.3 Å². The molecule has 0 fully saturated rings. The van der Waals surface area contributed by atoms with Gasteiger partial charge in [0.15, 0.2) is 5.65 Å². The monoisotopic (exact) mass is 482 g/mol. The standard InChI is InChI=1S/C26H23FN8O/c1-15-22(14-33(2)31-15)20-4-3-19(27)9-18(20)13-34-7-6-23-21(25(34)36)10-17(12-29-23)16-5-8-35-24(11-16)30-26(28)32-35/h3-5,8-12,14H,6-7,13H2,1-2H3,(H2,28,32). The number of carbonyl (C=O) groups is 1. The van der Waals surface area contributed by atoms with Gasteiger partial charge in [-0.3, -0.25) is 14.5 Å². The number of halogens is 1. The Balaban J connectivity index is 1.33. The average molecular weight is 483 g/mol. The zero-order valence-corrected chi connectivity index (χ0v) is 19.8. The summed E-state index contributed by atoms with van der Waals surface area (Å²) in [4.78, 5) is 24.1. The third kappa shape index (κ3) is 3.76. The maximum absolute atomic E-state index is 14.3. The molecule has 5 aromatic rings. The van der Waals surface area contributed by atoms with Crippen LogP contribution in [0.25, 0.3) is 27.9 Å². The van der Waals surface area contributed by atoms with Gasteiger partial charge in [0.2, 0.25) is 5.95 Å². The van der Waals surface area contributed by atoms with Gasteiger partial charge in [-0.05, 0) is 53.9 Å². The predicted molar refractivity (Wildman–Crippen MR) is 132 cm³/mol. The van der Waals surface area contributed by atoms with Gasteiger partial charge < -0.3 is 10.6 Å². The molecule has 4 aromatic heterocycles. The fraction of sp³-hybridized carbons (Fsp3) is 0.192. The van der Waals surface area contributed by atoms with Crippen molar-refractivity contribution in [2.75, 3.05) is 12.3 Å². The van der Waals surface area contributed by atoms with Gasteiger partial charge in [0.1, 0.15) is 5.82 Å². The van der Waals surface area contributed by atoms with Crippen molar-refractivity contribution < 1.29 is 9.18 Å². The molecule has 0 bridgehead atoms. The van der Waals surface area contributed by atoms with E-state index in [0.717, 1.165) is 39.2 Å². The second kappa shape index (κ2) is 8.26. The van der Waals surface area contributed by atoms with Crippen LogP contribution in [-0.2, 0) is 20.0 Å². The molecule has 0 unspecified atom stereocenters. The van der Waals surface area contributed by atoms with Crippen molar-refractivity contribution in [3.05, 3.63) is 83.3 Å². The summed E-state index contributed by atoms with van der Waals surface area (Å²) in [5.41, 5.74) is 12.7. The second-order valence-electron chi connectivity index (χ2n) is 8.99. The Labute approximate surface area is 206 Å². The number of amides is 1. The number of fused-ring (bicyclic) bond motifs is 2. The first-order valence-corrected chi connectivity index (χ1v) is 11.6. The van der Waals surface area contributed by atoms with Gasteiger partial charge in [-0.15, -0.1) is 5.10 Å². The molecule has 0 saturated heterocycles. The number of nitrogen functional groups attached to an aromatic ring is 1. The Morgan fingerprint density at radius 3 is 2.72 bits per heavy atom. The molecule has 1 aliphatic heterocycles. The van der Waals surface area contributed by atoms with Gasteiger partial charge in [0.05, 0.1) is 17.0 Å². The molecule has 0 spiro atoms. The lowest BCUT2D eigenvalue weighted by atomic mass is 9.97. The topological polar surface area (TPSA) is 107 Å². The van der Waals surface area contributed by atoms with Crippen LogP contribution in [-0.4, -0.2) is 46.7 Å². The minimum absolute atomic E-state index is 0.128. The minimum Gasteiger partial charge on any atom is -0.366 e. The molecule has 10 heteroatoms. The van der Waals surface area contributed by atoms with Crippen LogP contribution < -0.4 is 5.73 Å². The number of anilines is 1. The third-order valence-corrected chi connectivity index (χ3v) is 6.53. The lowest BCUT2D eigenvalue weighted by Crippen LogP contribution is -2.37. The molecule has 0 atom stereocenters. The maximum Gasteiger partial charge on any atom is 0.256 e. The summed E-state index contributed by atoms with van der Waals surface area (Å²) in [6.45, 7) is 2.71. The third-order valence-electron chi connectivity index (χ3n) is 6.53. The van der Waals surface area contributed by atoms with E-state index in [0.29, 0.717) is 24.2 Å². The maximum atomic E-state index is 14.3. The first-order valence-electron chi connectivity index (χ1n) is 11.6. The quantitative estimate of drug-likeness (QED) is 0.421. The zero-order valence-electron chi connectivity index (χ0n) is 19.8. The van der Waals surface area contributed by atoms with Crippen molar-refractivity contribution in [1.29, 1.82) is 0 Å². The highest BCUT2D eigenvalue weighted by atomic mass is 19.1. The Morgan fingerprint density at radius 2 is 1.92 bits per heavy atom. The zero-order chi connectivity index (χ0) is 25.0. The SMILES string of the molecule is Cc1nn(C)cc1-c1ccc(F)cc1CN1CCc2ncc(-c3ccn4nc(N)nc4c3)cc2C1=O. The molecule has 9 nitrogen and oxygen atoms in total. The Kier molecular flexibility index (Phi) is 5.03. The molecule has 0 saturated carbocycles. The van der Waals surface area contributed by atoms with Crippen molar-refractivity contribution in [3.63, 3.8) is 0 Å². The number of nitrogens with zero attached hydrogens (tertiary/aromatic N) is 7. The van der Waals surface area contributed by atoms with Crippen molar-refractivity contribution in [1.82, 2.24) is 34.3 Å². The fourth-order valence-electron chi connectivity index (χ4n) is 4.80. The van der Waals surface area contributed by atoms with Gasteiger partial charge in [-0.2, -0.15) is 10.1 Å². The van der Waals surface area contributed by atoms with E-state index in [1.165, 1.54) is 12.1 Å². The number of carbonyl (C=O) groups excluding carboxylic acids is 1.